The second-order valence-electron chi connectivity index (χ2n) is 5.67. The second kappa shape index (κ2) is 13.2. The van der Waals surface area contributed by atoms with Gasteiger partial charge < -0.3 is 14.6 Å². The highest BCUT2D eigenvalue weighted by Crippen LogP contribution is 2.32. The highest BCUT2D eigenvalue weighted by atomic mass is 31.1. The third-order valence-electron chi connectivity index (χ3n) is 3.71. The van der Waals surface area contributed by atoms with Crippen LogP contribution in [0.2, 0.25) is 0 Å². The summed E-state index contributed by atoms with van der Waals surface area (Å²) in [6.45, 7) is 1.66. The number of benzene rings is 3. The van der Waals surface area contributed by atoms with Gasteiger partial charge in [-0.25, -0.2) is 0 Å². The third-order valence-corrected chi connectivity index (χ3v) is 6.15. The van der Waals surface area contributed by atoms with Gasteiger partial charge in [-0.15, -0.1) is 0 Å². The third kappa shape index (κ3) is 7.62. The van der Waals surface area contributed by atoms with E-state index in [-0.39, 0.29) is 6.61 Å². The van der Waals surface area contributed by atoms with E-state index in [4.69, 9.17) is 9.84 Å². The molecule has 0 aliphatic carbocycles. The molecule has 0 spiro atoms. The van der Waals surface area contributed by atoms with Crippen molar-refractivity contribution in [3.8, 4) is 0 Å². The zero-order valence-corrected chi connectivity index (χ0v) is 16.6. The van der Waals surface area contributed by atoms with E-state index in [0.717, 1.165) is 0 Å². The Hall–Kier alpha value is -2.03. The van der Waals surface area contributed by atoms with Crippen LogP contribution in [-0.2, 0) is 9.47 Å². The van der Waals surface area contributed by atoms with Crippen LogP contribution in [0.1, 0.15) is 0 Å². The molecular weight excluding hydrogens is 355 g/mol. The first-order valence-electron chi connectivity index (χ1n) is 8.99. The quantitative estimate of drug-likeness (QED) is 0.481. The van der Waals surface area contributed by atoms with Gasteiger partial charge in [0.2, 0.25) is 0 Å². The van der Waals surface area contributed by atoms with Crippen molar-refractivity contribution < 1.29 is 14.6 Å². The highest BCUT2D eigenvalue weighted by Gasteiger charge is 2.14. The van der Waals surface area contributed by atoms with E-state index in [1.165, 1.54) is 15.9 Å². The van der Waals surface area contributed by atoms with Crippen molar-refractivity contribution in [2.45, 2.75) is 0 Å². The minimum atomic E-state index is -0.446. The Morgan fingerprint density at radius 1 is 0.630 bits per heavy atom. The maximum atomic E-state index is 8.20. The summed E-state index contributed by atoms with van der Waals surface area (Å²) in [5, 5.41) is 12.4. The predicted octanol–water partition coefficient (Wildman–Crippen LogP) is 3.09. The zero-order chi connectivity index (χ0) is 19.2. The van der Waals surface area contributed by atoms with E-state index < -0.39 is 7.92 Å². The van der Waals surface area contributed by atoms with Crippen LogP contribution in [0.5, 0.6) is 0 Å². The van der Waals surface area contributed by atoms with Gasteiger partial charge in [-0.1, -0.05) is 91.0 Å². The van der Waals surface area contributed by atoms with Crippen LogP contribution in [0.15, 0.2) is 91.0 Å². The molecule has 0 heterocycles. The van der Waals surface area contributed by atoms with Crippen LogP contribution in [-0.4, -0.2) is 38.6 Å². The molecule has 3 rings (SSSR count). The normalized spacial score (nSPS) is 10.3. The lowest BCUT2D eigenvalue weighted by molar-refractivity contribution is 0.0500. The van der Waals surface area contributed by atoms with E-state index >= 15 is 0 Å². The molecule has 3 nitrogen and oxygen atoms in total. The van der Waals surface area contributed by atoms with Crippen molar-refractivity contribution in [3.05, 3.63) is 91.0 Å². The highest BCUT2D eigenvalue weighted by molar-refractivity contribution is 7.79. The van der Waals surface area contributed by atoms with Gasteiger partial charge in [0, 0.05) is 7.11 Å². The van der Waals surface area contributed by atoms with Crippen LogP contribution in [0.3, 0.4) is 0 Å². The number of methoxy groups -OCH3 is 1. The molecule has 0 saturated heterocycles. The molecule has 3 aromatic rings. The first-order valence-corrected chi connectivity index (χ1v) is 10.3. The van der Waals surface area contributed by atoms with Gasteiger partial charge >= 0.3 is 0 Å². The maximum Gasteiger partial charge on any atom is 0.0701 e. The summed E-state index contributed by atoms with van der Waals surface area (Å²) < 4.78 is 9.53. The Morgan fingerprint density at radius 3 is 1.37 bits per heavy atom. The first-order chi connectivity index (χ1) is 13.4. The van der Waals surface area contributed by atoms with Gasteiger partial charge in [-0.2, -0.15) is 0 Å². The van der Waals surface area contributed by atoms with Crippen LogP contribution in [0, 0.1) is 0 Å². The summed E-state index contributed by atoms with van der Waals surface area (Å²) in [5.74, 6) is 0. The average Bonchev–Trinajstić information content (AvgIpc) is 2.74. The standard InChI is InChI=1S/C18H15P.C5H12O3/c1-4-10-16(11-5-1)19(17-12-6-2-7-13-17)18-14-8-3-9-15-18;1-7-4-5-8-3-2-6/h1-15H;6H,2-5H2,1H3. The number of rotatable bonds is 8. The Bertz CT molecular complexity index is 620. The Balaban J connectivity index is 0.000000279. The fraction of sp³-hybridized carbons (Fsp3) is 0.217. The Labute approximate surface area is 163 Å². The first kappa shape index (κ1) is 21.3. The minimum Gasteiger partial charge on any atom is -0.394 e. The largest absolute Gasteiger partial charge is 0.394 e. The topological polar surface area (TPSA) is 38.7 Å². The summed E-state index contributed by atoms with van der Waals surface area (Å²) in [4.78, 5) is 0. The van der Waals surface area contributed by atoms with Crippen molar-refractivity contribution in [3.63, 3.8) is 0 Å². The van der Waals surface area contributed by atoms with Gasteiger partial charge in [0.05, 0.1) is 26.4 Å². The van der Waals surface area contributed by atoms with Gasteiger partial charge in [-0.05, 0) is 23.8 Å². The van der Waals surface area contributed by atoms with Crippen LogP contribution in [0.4, 0.5) is 0 Å². The zero-order valence-electron chi connectivity index (χ0n) is 15.7. The van der Waals surface area contributed by atoms with E-state index in [0.29, 0.717) is 19.8 Å². The lowest BCUT2D eigenvalue weighted by Crippen LogP contribution is -2.20. The van der Waals surface area contributed by atoms with Crippen LogP contribution >= 0.6 is 7.92 Å². The number of aliphatic hydroxyl groups excluding tert-OH is 1. The monoisotopic (exact) mass is 382 g/mol. The fourth-order valence-electron chi connectivity index (χ4n) is 2.49. The van der Waals surface area contributed by atoms with Crippen molar-refractivity contribution in [1.82, 2.24) is 0 Å². The molecule has 0 aliphatic rings. The van der Waals surface area contributed by atoms with E-state index in [1.807, 2.05) is 0 Å². The molecule has 142 valence electrons. The van der Waals surface area contributed by atoms with Crippen molar-refractivity contribution in [2.24, 2.45) is 0 Å². The predicted molar refractivity (Wildman–Crippen MR) is 115 cm³/mol. The van der Waals surface area contributed by atoms with Gasteiger partial charge in [0.15, 0.2) is 0 Å². The number of hydrogen-bond donors (Lipinski definition) is 1. The molecule has 0 aliphatic heterocycles. The Morgan fingerprint density at radius 2 is 1.04 bits per heavy atom. The fourth-order valence-corrected chi connectivity index (χ4v) is 4.79. The minimum absolute atomic E-state index is 0.0870. The number of hydrogen-bond acceptors (Lipinski definition) is 3. The molecule has 0 amide bonds. The van der Waals surface area contributed by atoms with Gasteiger partial charge in [0.25, 0.3) is 0 Å². The summed E-state index contributed by atoms with van der Waals surface area (Å²) >= 11 is 0. The van der Waals surface area contributed by atoms with Crippen molar-refractivity contribution >= 4 is 23.8 Å². The summed E-state index contributed by atoms with van der Waals surface area (Å²) in [5.41, 5.74) is 0. The molecule has 0 fully saturated rings. The molecule has 0 unspecified atom stereocenters. The van der Waals surface area contributed by atoms with Gasteiger partial charge in [0.1, 0.15) is 0 Å². The second-order valence-corrected chi connectivity index (χ2v) is 7.89. The molecule has 4 heteroatoms. The molecule has 0 aromatic heterocycles. The van der Waals surface area contributed by atoms with E-state index in [9.17, 15) is 0 Å². The van der Waals surface area contributed by atoms with Crippen LogP contribution in [0.25, 0.3) is 0 Å². The van der Waals surface area contributed by atoms with Gasteiger partial charge in [-0.3, -0.25) is 0 Å². The van der Waals surface area contributed by atoms with E-state index in [2.05, 4.69) is 95.7 Å². The molecule has 0 radical (unpaired) electrons. The maximum absolute atomic E-state index is 8.20. The van der Waals surface area contributed by atoms with Crippen molar-refractivity contribution in [1.29, 1.82) is 0 Å². The summed E-state index contributed by atoms with van der Waals surface area (Å²) in [6, 6.07) is 32.3. The van der Waals surface area contributed by atoms with Crippen molar-refractivity contribution in [2.75, 3.05) is 33.5 Å². The smallest absolute Gasteiger partial charge is 0.0701 e. The summed E-state index contributed by atoms with van der Waals surface area (Å²) in [7, 11) is 1.17. The lowest BCUT2D eigenvalue weighted by atomic mass is 10.4. The average molecular weight is 382 g/mol. The number of ether oxygens (including phenoxy) is 2. The molecule has 0 bridgehead atoms. The molecule has 3 aromatic carbocycles. The van der Waals surface area contributed by atoms with Crippen LogP contribution < -0.4 is 15.9 Å². The molecule has 0 atom stereocenters. The Kier molecular flexibility index (Phi) is 10.4. The molecular formula is C23H27O3P. The lowest BCUT2D eigenvalue weighted by Gasteiger charge is -2.18. The molecule has 0 saturated carbocycles. The molecule has 27 heavy (non-hydrogen) atoms. The number of aliphatic hydroxyl groups is 1. The molecule has 1 N–H and O–H groups in total. The SMILES string of the molecule is COCCOCCO.c1ccc(P(c2ccccc2)c2ccccc2)cc1. The van der Waals surface area contributed by atoms with E-state index in [1.54, 1.807) is 7.11 Å². The summed E-state index contributed by atoms with van der Waals surface area (Å²) in [6.07, 6.45) is 0.